The Morgan fingerprint density at radius 1 is 1.10 bits per heavy atom. The van der Waals surface area contributed by atoms with Crippen molar-refractivity contribution in [1.29, 1.82) is 0 Å². The van der Waals surface area contributed by atoms with Crippen LogP contribution < -0.4 is 14.8 Å². The number of rotatable bonds is 6. The standard InChI is InChI=1S/C22H20N2O6/c1-14-20(24-21(29-14)15-7-3-2-4-8-15)22(26)28-13-19(25)23-11-16-12-27-17-9-5-6-10-18(17)30-16/h2-10,16H,11-13H2,1H3,(H,23,25)/t16-/m0/s1. The van der Waals surface area contributed by atoms with Crippen LogP contribution in [0.5, 0.6) is 11.5 Å². The molecule has 0 saturated carbocycles. The molecule has 8 nitrogen and oxygen atoms in total. The molecule has 8 heteroatoms. The lowest BCUT2D eigenvalue weighted by atomic mass is 10.2. The molecule has 1 amide bonds. The van der Waals surface area contributed by atoms with Gasteiger partial charge in [-0.05, 0) is 31.2 Å². The van der Waals surface area contributed by atoms with Crippen molar-refractivity contribution < 1.29 is 28.2 Å². The number of aromatic nitrogens is 1. The van der Waals surface area contributed by atoms with Gasteiger partial charge in [0.1, 0.15) is 18.5 Å². The highest BCUT2D eigenvalue weighted by Gasteiger charge is 2.23. The molecule has 30 heavy (non-hydrogen) atoms. The summed E-state index contributed by atoms with van der Waals surface area (Å²) in [6.07, 6.45) is -0.328. The van der Waals surface area contributed by atoms with Crippen molar-refractivity contribution in [2.75, 3.05) is 19.8 Å². The topological polar surface area (TPSA) is 99.9 Å². The number of ether oxygens (including phenoxy) is 3. The number of para-hydroxylation sites is 2. The summed E-state index contributed by atoms with van der Waals surface area (Å²) in [7, 11) is 0. The molecule has 1 N–H and O–H groups in total. The molecule has 1 aliphatic heterocycles. The number of carbonyl (C=O) groups is 2. The fourth-order valence-corrected chi connectivity index (χ4v) is 2.93. The van der Waals surface area contributed by atoms with Crippen molar-refractivity contribution in [2.24, 2.45) is 0 Å². The predicted octanol–water partition coefficient (Wildman–Crippen LogP) is 2.76. The maximum absolute atomic E-state index is 12.3. The predicted molar refractivity (Wildman–Crippen MR) is 106 cm³/mol. The number of carbonyl (C=O) groups excluding carboxylic acids is 2. The second kappa shape index (κ2) is 8.69. The molecule has 0 bridgehead atoms. The van der Waals surface area contributed by atoms with Crippen molar-refractivity contribution in [1.82, 2.24) is 10.3 Å². The Balaban J connectivity index is 1.26. The van der Waals surface area contributed by atoms with Gasteiger partial charge in [-0.2, -0.15) is 0 Å². The third kappa shape index (κ3) is 4.43. The fraction of sp³-hybridized carbons (Fsp3) is 0.227. The maximum Gasteiger partial charge on any atom is 0.361 e. The van der Waals surface area contributed by atoms with E-state index in [9.17, 15) is 9.59 Å². The van der Waals surface area contributed by atoms with Crippen LogP contribution in [0.15, 0.2) is 59.0 Å². The van der Waals surface area contributed by atoms with E-state index in [1.165, 1.54) is 0 Å². The van der Waals surface area contributed by atoms with Gasteiger partial charge in [0.05, 0.1) is 6.54 Å². The zero-order valence-electron chi connectivity index (χ0n) is 16.3. The molecule has 2 aromatic carbocycles. The Bertz CT molecular complexity index is 1050. The van der Waals surface area contributed by atoms with Gasteiger partial charge in [-0.25, -0.2) is 9.78 Å². The SMILES string of the molecule is Cc1oc(-c2ccccc2)nc1C(=O)OCC(=O)NC[C@H]1COc2ccccc2O1. The summed E-state index contributed by atoms with van der Waals surface area (Å²) in [4.78, 5) is 28.5. The van der Waals surface area contributed by atoms with E-state index in [1.54, 1.807) is 13.0 Å². The quantitative estimate of drug-likeness (QED) is 0.626. The van der Waals surface area contributed by atoms with Crippen LogP contribution in [0.4, 0.5) is 0 Å². The molecule has 4 rings (SSSR count). The van der Waals surface area contributed by atoms with Gasteiger partial charge in [-0.15, -0.1) is 0 Å². The first kappa shape index (κ1) is 19.5. The van der Waals surface area contributed by atoms with E-state index in [1.807, 2.05) is 48.5 Å². The van der Waals surface area contributed by atoms with E-state index >= 15 is 0 Å². The number of esters is 1. The lowest BCUT2D eigenvalue weighted by Gasteiger charge is -2.26. The number of fused-ring (bicyclic) bond motifs is 1. The monoisotopic (exact) mass is 408 g/mol. The average molecular weight is 408 g/mol. The third-order valence-corrected chi connectivity index (χ3v) is 4.44. The Hall–Kier alpha value is -3.81. The number of amides is 1. The van der Waals surface area contributed by atoms with Crippen LogP contribution in [0.25, 0.3) is 11.5 Å². The summed E-state index contributed by atoms with van der Waals surface area (Å²) in [5.41, 5.74) is 0.788. The van der Waals surface area contributed by atoms with Crippen LogP contribution in [0, 0.1) is 6.92 Å². The van der Waals surface area contributed by atoms with Crippen LogP contribution in [0.3, 0.4) is 0 Å². The highest BCUT2D eigenvalue weighted by molar-refractivity contribution is 5.90. The molecule has 2 heterocycles. The zero-order chi connectivity index (χ0) is 20.9. The normalized spacial score (nSPS) is 14.8. The van der Waals surface area contributed by atoms with E-state index in [-0.39, 0.29) is 18.3 Å². The van der Waals surface area contributed by atoms with Gasteiger partial charge in [0.2, 0.25) is 5.89 Å². The molecule has 0 radical (unpaired) electrons. The molecule has 1 aromatic heterocycles. The number of oxazole rings is 1. The molecule has 0 saturated heterocycles. The van der Waals surface area contributed by atoms with Crippen LogP contribution >= 0.6 is 0 Å². The number of nitrogens with zero attached hydrogens (tertiary/aromatic N) is 1. The Labute approximate surface area is 172 Å². The lowest BCUT2D eigenvalue weighted by Crippen LogP contribution is -2.42. The van der Waals surface area contributed by atoms with Crippen molar-refractivity contribution >= 4 is 11.9 Å². The molecular weight excluding hydrogens is 388 g/mol. The summed E-state index contributed by atoms with van der Waals surface area (Å²) in [6, 6.07) is 16.5. The molecule has 1 atom stereocenters. The number of benzene rings is 2. The van der Waals surface area contributed by atoms with Gasteiger partial charge in [-0.3, -0.25) is 4.79 Å². The number of hydrogen-bond acceptors (Lipinski definition) is 7. The van der Waals surface area contributed by atoms with Crippen molar-refractivity contribution in [3.8, 4) is 23.0 Å². The van der Waals surface area contributed by atoms with Gasteiger partial charge in [0.25, 0.3) is 5.91 Å². The van der Waals surface area contributed by atoms with Crippen molar-refractivity contribution in [3.05, 3.63) is 66.1 Å². The lowest BCUT2D eigenvalue weighted by molar-refractivity contribution is -0.124. The van der Waals surface area contributed by atoms with E-state index in [0.717, 1.165) is 5.56 Å². The van der Waals surface area contributed by atoms with Crippen LogP contribution in [-0.4, -0.2) is 42.7 Å². The average Bonchev–Trinajstić information content (AvgIpc) is 3.18. The molecule has 1 aliphatic rings. The van der Waals surface area contributed by atoms with E-state index < -0.39 is 18.5 Å². The molecule has 154 valence electrons. The molecule has 0 aliphatic carbocycles. The fourth-order valence-electron chi connectivity index (χ4n) is 2.93. The zero-order valence-corrected chi connectivity index (χ0v) is 16.3. The van der Waals surface area contributed by atoms with E-state index in [4.69, 9.17) is 18.6 Å². The first-order valence-corrected chi connectivity index (χ1v) is 9.45. The van der Waals surface area contributed by atoms with Gasteiger partial charge in [0, 0.05) is 5.56 Å². The van der Waals surface area contributed by atoms with E-state index in [0.29, 0.717) is 29.8 Å². The number of hydrogen-bond donors (Lipinski definition) is 1. The van der Waals surface area contributed by atoms with Crippen LogP contribution in [0.2, 0.25) is 0 Å². The van der Waals surface area contributed by atoms with Crippen LogP contribution in [-0.2, 0) is 9.53 Å². The van der Waals surface area contributed by atoms with Gasteiger partial charge >= 0.3 is 5.97 Å². The minimum atomic E-state index is -0.722. The van der Waals surface area contributed by atoms with E-state index in [2.05, 4.69) is 10.3 Å². The number of nitrogens with one attached hydrogen (secondary N) is 1. The Morgan fingerprint density at radius 2 is 1.83 bits per heavy atom. The summed E-state index contributed by atoms with van der Waals surface area (Å²) >= 11 is 0. The first-order valence-electron chi connectivity index (χ1n) is 9.45. The largest absolute Gasteiger partial charge is 0.486 e. The minimum absolute atomic E-state index is 0.0438. The third-order valence-electron chi connectivity index (χ3n) is 4.44. The Kier molecular flexibility index (Phi) is 5.65. The molecule has 3 aromatic rings. The second-order valence-electron chi connectivity index (χ2n) is 6.67. The molecule has 0 spiro atoms. The summed E-state index contributed by atoms with van der Waals surface area (Å²) in [5, 5.41) is 2.67. The number of aryl methyl sites for hydroxylation is 1. The highest BCUT2D eigenvalue weighted by atomic mass is 16.6. The van der Waals surface area contributed by atoms with Gasteiger partial charge in [-0.1, -0.05) is 30.3 Å². The molecule has 0 fully saturated rings. The van der Waals surface area contributed by atoms with Gasteiger partial charge in [0.15, 0.2) is 23.8 Å². The maximum atomic E-state index is 12.3. The Morgan fingerprint density at radius 3 is 2.63 bits per heavy atom. The molecular formula is C22H20N2O6. The van der Waals surface area contributed by atoms with Crippen molar-refractivity contribution in [3.63, 3.8) is 0 Å². The summed E-state index contributed by atoms with van der Waals surface area (Å²) in [5.74, 6) is 0.775. The van der Waals surface area contributed by atoms with Gasteiger partial charge < -0.3 is 23.9 Å². The minimum Gasteiger partial charge on any atom is -0.486 e. The van der Waals surface area contributed by atoms with Crippen LogP contribution in [0.1, 0.15) is 16.2 Å². The second-order valence-corrected chi connectivity index (χ2v) is 6.67. The summed E-state index contributed by atoms with van der Waals surface area (Å²) < 4.78 is 22.0. The smallest absolute Gasteiger partial charge is 0.361 e. The molecule has 0 unspecified atom stereocenters. The van der Waals surface area contributed by atoms with Crippen molar-refractivity contribution in [2.45, 2.75) is 13.0 Å². The summed E-state index contributed by atoms with van der Waals surface area (Å²) in [6.45, 7) is 1.73. The highest BCUT2D eigenvalue weighted by Crippen LogP contribution is 2.30. The first-order chi connectivity index (χ1) is 14.6.